The number of hydrogen-bond donors (Lipinski definition) is 1. The number of carbonyl (C=O) groups excluding carboxylic acids is 1. The van der Waals surface area contributed by atoms with Crippen molar-refractivity contribution in [3.05, 3.63) is 58.7 Å². The highest BCUT2D eigenvalue weighted by atomic mass is 19.1. The fourth-order valence-electron chi connectivity index (χ4n) is 3.59. The van der Waals surface area contributed by atoms with E-state index in [9.17, 15) is 13.6 Å². The van der Waals surface area contributed by atoms with Crippen LogP contribution in [0, 0.1) is 18.6 Å². The summed E-state index contributed by atoms with van der Waals surface area (Å²) in [7, 11) is 0. The molecule has 5 heteroatoms. The van der Waals surface area contributed by atoms with Crippen molar-refractivity contribution >= 4 is 17.3 Å². The zero-order chi connectivity index (χ0) is 18.8. The first-order valence-corrected chi connectivity index (χ1v) is 8.99. The highest BCUT2D eigenvalue weighted by Crippen LogP contribution is 2.31. The number of halogens is 2. The molecule has 0 bridgehead atoms. The molecule has 138 valence electrons. The number of carbonyl (C=O) groups is 1. The van der Waals surface area contributed by atoms with Crippen molar-refractivity contribution < 1.29 is 13.6 Å². The number of amides is 1. The molecule has 1 aliphatic rings. The molecule has 26 heavy (non-hydrogen) atoms. The van der Waals surface area contributed by atoms with Gasteiger partial charge in [0.2, 0.25) is 5.91 Å². The van der Waals surface area contributed by atoms with E-state index < -0.39 is 11.6 Å². The average molecular weight is 358 g/mol. The Bertz CT molecular complexity index is 833. The maximum atomic E-state index is 14.3. The van der Waals surface area contributed by atoms with Gasteiger partial charge < -0.3 is 10.2 Å². The van der Waals surface area contributed by atoms with Gasteiger partial charge in [-0.1, -0.05) is 32.0 Å². The lowest BCUT2D eigenvalue weighted by Crippen LogP contribution is -2.37. The topological polar surface area (TPSA) is 32.3 Å². The summed E-state index contributed by atoms with van der Waals surface area (Å²) in [5, 5.41) is 2.99. The Balaban J connectivity index is 1.81. The van der Waals surface area contributed by atoms with Crippen LogP contribution >= 0.6 is 0 Å². The van der Waals surface area contributed by atoms with Crippen molar-refractivity contribution in [2.75, 3.05) is 23.3 Å². The molecule has 3 nitrogen and oxygen atoms in total. The van der Waals surface area contributed by atoms with Gasteiger partial charge >= 0.3 is 0 Å². The molecule has 0 atom stereocenters. The third-order valence-electron chi connectivity index (χ3n) is 4.82. The molecule has 0 spiro atoms. The number of hydrogen-bond acceptors (Lipinski definition) is 2. The lowest BCUT2D eigenvalue weighted by Gasteiger charge is -2.31. The van der Waals surface area contributed by atoms with E-state index in [0.29, 0.717) is 24.2 Å². The summed E-state index contributed by atoms with van der Waals surface area (Å²) in [5.41, 5.74) is 3.87. The number of aryl methyl sites for hydroxylation is 2. The molecule has 1 aliphatic heterocycles. The van der Waals surface area contributed by atoms with Crippen LogP contribution in [0.4, 0.5) is 20.2 Å². The summed E-state index contributed by atoms with van der Waals surface area (Å²) >= 11 is 0. The molecule has 2 aromatic carbocycles. The first-order chi connectivity index (χ1) is 12.4. The minimum absolute atomic E-state index is 0.0431. The minimum Gasteiger partial charge on any atom is -0.360 e. The van der Waals surface area contributed by atoms with Crippen LogP contribution in [0.1, 0.15) is 42.9 Å². The fraction of sp³-hybridized carbons (Fsp3) is 0.381. The first-order valence-electron chi connectivity index (χ1n) is 8.99. The van der Waals surface area contributed by atoms with E-state index in [0.717, 1.165) is 29.3 Å². The van der Waals surface area contributed by atoms with E-state index in [1.54, 1.807) is 4.90 Å². The zero-order valence-electron chi connectivity index (χ0n) is 15.4. The van der Waals surface area contributed by atoms with Crippen molar-refractivity contribution in [1.82, 2.24) is 0 Å². The van der Waals surface area contributed by atoms with Crippen molar-refractivity contribution in [1.29, 1.82) is 0 Å². The fourth-order valence-corrected chi connectivity index (χ4v) is 3.59. The Labute approximate surface area is 153 Å². The van der Waals surface area contributed by atoms with Crippen LogP contribution in [-0.2, 0) is 11.2 Å². The minimum atomic E-state index is -0.605. The average Bonchev–Trinajstić information content (AvgIpc) is 2.56. The number of nitrogens with zero attached hydrogens (tertiary/aromatic N) is 1. The van der Waals surface area contributed by atoms with Crippen LogP contribution in [-0.4, -0.2) is 19.0 Å². The van der Waals surface area contributed by atoms with Crippen molar-refractivity contribution in [3.8, 4) is 0 Å². The van der Waals surface area contributed by atoms with Crippen molar-refractivity contribution in [2.24, 2.45) is 0 Å². The van der Waals surface area contributed by atoms with E-state index in [4.69, 9.17) is 0 Å². The molecule has 1 N–H and O–H groups in total. The van der Waals surface area contributed by atoms with Crippen LogP contribution in [0.3, 0.4) is 0 Å². The summed E-state index contributed by atoms with van der Waals surface area (Å²) < 4.78 is 27.7. The molecule has 0 aliphatic carbocycles. The van der Waals surface area contributed by atoms with Gasteiger partial charge in [-0.3, -0.25) is 4.79 Å². The lowest BCUT2D eigenvalue weighted by atomic mass is 9.98. The molecule has 2 aromatic rings. The van der Waals surface area contributed by atoms with Gasteiger partial charge in [-0.05, 0) is 48.4 Å². The van der Waals surface area contributed by atoms with Crippen LogP contribution in [0.5, 0.6) is 0 Å². The Morgan fingerprint density at radius 2 is 2.04 bits per heavy atom. The maximum Gasteiger partial charge on any atom is 0.243 e. The predicted octanol–water partition coefficient (Wildman–Crippen LogP) is 4.79. The van der Waals surface area contributed by atoms with Crippen molar-refractivity contribution in [2.45, 2.75) is 39.5 Å². The molecule has 0 saturated carbocycles. The Morgan fingerprint density at radius 1 is 1.27 bits per heavy atom. The Kier molecular flexibility index (Phi) is 5.25. The van der Waals surface area contributed by atoms with Crippen LogP contribution < -0.4 is 10.2 Å². The lowest BCUT2D eigenvalue weighted by molar-refractivity contribution is -0.115. The van der Waals surface area contributed by atoms with Crippen LogP contribution in [0.2, 0.25) is 0 Å². The van der Waals surface area contributed by atoms with Gasteiger partial charge in [0, 0.05) is 18.3 Å². The number of rotatable bonds is 4. The summed E-state index contributed by atoms with van der Waals surface area (Å²) in [4.78, 5) is 14.4. The predicted molar refractivity (Wildman–Crippen MR) is 101 cm³/mol. The summed E-state index contributed by atoms with van der Waals surface area (Å²) in [6, 6.07) is 8.19. The molecular formula is C21H24F2N2O. The number of fused-ring (bicyclic) bond motifs is 1. The second-order valence-corrected chi connectivity index (χ2v) is 7.16. The Hall–Kier alpha value is -2.43. The van der Waals surface area contributed by atoms with Crippen LogP contribution in [0.15, 0.2) is 30.3 Å². The van der Waals surface area contributed by atoms with E-state index in [2.05, 4.69) is 19.2 Å². The van der Waals surface area contributed by atoms with Gasteiger partial charge in [-0.2, -0.15) is 0 Å². The molecule has 0 aromatic heterocycles. The second-order valence-electron chi connectivity index (χ2n) is 7.16. The summed E-state index contributed by atoms with van der Waals surface area (Å²) in [6.45, 7) is 6.74. The van der Waals surface area contributed by atoms with E-state index in [1.165, 1.54) is 6.07 Å². The molecule has 0 fully saturated rings. The first kappa shape index (κ1) is 18.4. The molecule has 0 unspecified atom stereocenters. The van der Waals surface area contributed by atoms with Gasteiger partial charge in [0.05, 0.1) is 12.2 Å². The van der Waals surface area contributed by atoms with E-state index >= 15 is 0 Å². The normalized spacial score (nSPS) is 13.7. The quantitative estimate of drug-likeness (QED) is 0.852. The van der Waals surface area contributed by atoms with E-state index in [-0.39, 0.29) is 18.4 Å². The number of nitrogens with one attached hydrogen (secondary N) is 1. The SMILES string of the molecule is Cc1cccc(C(C)C)c1NC(=O)CN1CCCc2cc(F)cc(F)c21. The molecule has 3 rings (SSSR count). The smallest absolute Gasteiger partial charge is 0.243 e. The van der Waals surface area contributed by atoms with Gasteiger partial charge in [-0.25, -0.2) is 8.78 Å². The molecule has 1 heterocycles. The van der Waals surface area contributed by atoms with Crippen LogP contribution in [0.25, 0.3) is 0 Å². The molecule has 0 radical (unpaired) electrons. The largest absolute Gasteiger partial charge is 0.360 e. The highest BCUT2D eigenvalue weighted by molar-refractivity contribution is 5.95. The van der Waals surface area contributed by atoms with Crippen molar-refractivity contribution in [3.63, 3.8) is 0 Å². The van der Waals surface area contributed by atoms with Gasteiger partial charge in [0.15, 0.2) is 0 Å². The number of para-hydroxylation sites is 1. The van der Waals surface area contributed by atoms with Gasteiger partial charge in [0.1, 0.15) is 11.6 Å². The van der Waals surface area contributed by atoms with Gasteiger partial charge in [-0.15, -0.1) is 0 Å². The standard InChI is InChI=1S/C21H24F2N2O/c1-13(2)17-8-4-6-14(3)20(17)24-19(26)12-25-9-5-7-15-10-16(22)11-18(23)21(15)25/h4,6,8,10-11,13H,5,7,9,12H2,1-3H3,(H,24,26). The maximum absolute atomic E-state index is 14.3. The zero-order valence-corrected chi connectivity index (χ0v) is 15.4. The molecular weight excluding hydrogens is 334 g/mol. The second kappa shape index (κ2) is 7.44. The monoisotopic (exact) mass is 358 g/mol. The third-order valence-corrected chi connectivity index (χ3v) is 4.82. The molecule has 1 amide bonds. The third kappa shape index (κ3) is 3.71. The molecule has 0 saturated heterocycles. The number of benzene rings is 2. The summed E-state index contributed by atoms with van der Waals surface area (Å²) in [6.07, 6.45) is 1.39. The van der Waals surface area contributed by atoms with E-state index in [1.807, 2.05) is 25.1 Å². The summed E-state index contributed by atoms with van der Waals surface area (Å²) in [5.74, 6) is -1.10. The number of anilines is 2. The highest BCUT2D eigenvalue weighted by Gasteiger charge is 2.24. The van der Waals surface area contributed by atoms with Gasteiger partial charge in [0.25, 0.3) is 0 Å². The Morgan fingerprint density at radius 3 is 2.77 bits per heavy atom.